The Kier molecular flexibility index (Phi) is 5.08. The molecule has 0 radical (unpaired) electrons. The molecule has 17 heavy (non-hydrogen) atoms. The largest absolute Gasteiger partial charge is 0.495 e. The molecule has 0 aliphatic rings. The Hall–Kier alpha value is -0.940. The third-order valence-electron chi connectivity index (χ3n) is 2.17. The SMILES string of the molecule is COc1cc(NCCCS(C)(=O)=O)ccc1Cl. The van der Waals surface area contributed by atoms with Crippen molar-refractivity contribution < 1.29 is 13.2 Å². The highest BCUT2D eigenvalue weighted by atomic mass is 35.5. The first-order chi connectivity index (χ1) is 7.92. The molecule has 0 atom stereocenters. The third-order valence-corrected chi connectivity index (χ3v) is 3.51. The molecule has 1 aromatic rings. The van der Waals surface area contributed by atoms with Gasteiger partial charge in [0.15, 0.2) is 0 Å². The Bertz CT molecular complexity index is 474. The molecule has 0 aliphatic heterocycles. The summed E-state index contributed by atoms with van der Waals surface area (Å²) in [6.07, 6.45) is 1.81. The van der Waals surface area contributed by atoms with Gasteiger partial charge in [-0.1, -0.05) is 11.6 Å². The van der Waals surface area contributed by atoms with Gasteiger partial charge in [0.1, 0.15) is 15.6 Å². The van der Waals surface area contributed by atoms with Crippen LogP contribution in [0, 0.1) is 0 Å². The van der Waals surface area contributed by atoms with Crippen molar-refractivity contribution in [2.24, 2.45) is 0 Å². The summed E-state index contributed by atoms with van der Waals surface area (Å²) >= 11 is 5.89. The molecule has 0 amide bonds. The Morgan fingerprint density at radius 1 is 1.41 bits per heavy atom. The fourth-order valence-electron chi connectivity index (χ4n) is 1.34. The molecular formula is C11H16ClNO3S. The summed E-state index contributed by atoms with van der Waals surface area (Å²) in [5.41, 5.74) is 0.861. The standard InChI is InChI=1S/C11H16ClNO3S/c1-16-11-8-9(4-5-10(11)12)13-6-3-7-17(2,14)15/h4-5,8,13H,3,6-7H2,1-2H3. The average Bonchev–Trinajstić information content (AvgIpc) is 2.25. The van der Waals surface area contributed by atoms with Crippen molar-refractivity contribution in [2.45, 2.75) is 6.42 Å². The lowest BCUT2D eigenvalue weighted by atomic mass is 10.3. The first-order valence-electron chi connectivity index (χ1n) is 5.17. The fourth-order valence-corrected chi connectivity index (χ4v) is 2.20. The van der Waals surface area contributed by atoms with Crippen molar-refractivity contribution in [1.82, 2.24) is 0 Å². The van der Waals surface area contributed by atoms with E-state index >= 15 is 0 Å². The zero-order valence-corrected chi connectivity index (χ0v) is 11.4. The van der Waals surface area contributed by atoms with Gasteiger partial charge in [0.25, 0.3) is 0 Å². The number of ether oxygens (including phenoxy) is 1. The predicted octanol–water partition coefficient (Wildman–Crippen LogP) is 2.20. The second kappa shape index (κ2) is 6.12. The summed E-state index contributed by atoms with van der Waals surface area (Å²) in [5.74, 6) is 0.782. The molecular weight excluding hydrogens is 262 g/mol. The average molecular weight is 278 g/mol. The lowest BCUT2D eigenvalue weighted by molar-refractivity contribution is 0.415. The van der Waals surface area contributed by atoms with E-state index in [4.69, 9.17) is 16.3 Å². The molecule has 0 unspecified atom stereocenters. The lowest BCUT2D eigenvalue weighted by Crippen LogP contribution is -2.09. The van der Waals surface area contributed by atoms with Crippen molar-refractivity contribution in [3.63, 3.8) is 0 Å². The Balaban J connectivity index is 2.47. The summed E-state index contributed by atoms with van der Waals surface area (Å²) < 4.78 is 26.9. The van der Waals surface area contributed by atoms with Gasteiger partial charge < -0.3 is 10.1 Å². The molecule has 1 aromatic carbocycles. The van der Waals surface area contributed by atoms with E-state index < -0.39 is 9.84 Å². The number of benzene rings is 1. The number of nitrogens with one attached hydrogen (secondary N) is 1. The minimum Gasteiger partial charge on any atom is -0.495 e. The number of anilines is 1. The molecule has 6 heteroatoms. The van der Waals surface area contributed by atoms with Gasteiger partial charge in [-0.15, -0.1) is 0 Å². The zero-order valence-electron chi connectivity index (χ0n) is 9.86. The highest BCUT2D eigenvalue weighted by Crippen LogP contribution is 2.27. The van der Waals surface area contributed by atoms with Crippen LogP contribution in [0.1, 0.15) is 6.42 Å². The maximum absolute atomic E-state index is 10.9. The Morgan fingerprint density at radius 2 is 2.12 bits per heavy atom. The lowest BCUT2D eigenvalue weighted by Gasteiger charge is -2.08. The number of halogens is 1. The number of sulfone groups is 1. The molecule has 0 aromatic heterocycles. The van der Waals surface area contributed by atoms with E-state index in [2.05, 4.69) is 5.32 Å². The molecule has 0 aliphatic carbocycles. The Morgan fingerprint density at radius 3 is 2.71 bits per heavy atom. The predicted molar refractivity (Wildman–Crippen MR) is 70.8 cm³/mol. The quantitative estimate of drug-likeness (QED) is 0.810. The van der Waals surface area contributed by atoms with E-state index in [1.165, 1.54) is 6.26 Å². The van der Waals surface area contributed by atoms with Gasteiger partial charge in [0.05, 0.1) is 17.9 Å². The van der Waals surface area contributed by atoms with Crippen molar-refractivity contribution >= 4 is 27.1 Å². The van der Waals surface area contributed by atoms with Crippen molar-refractivity contribution in [1.29, 1.82) is 0 Å². The van der Waals surface area contributed by atoms with Crippen LogP contribution in [0.2, 0.25) is 5.02 Å². The van der Waals surface area contributed by atoms with Gasteiger partial charge in [0.2, 0.25) is 0 Å². The number of hydrogen-bond acceptors (Lipinski definition) is 4. The molecule has 1 N–H and O–H groups in total. The Labute approximate surface area is 107 Å². The van der Waals surface area contributed by atoms with Gasteiger partial charge in [-0.3, -0.25) is 0 Å². The second-order valence-electron chi connectivity index (χ2n) is 3.76. The first-order valence-corrected chi connectivity index (χ1v) is 7.61. The van der Waals surface area contributed by atoms with Crippen LogP contribution < -0.4 is 10.1 Å². The monoisotopic (exact) mass is 277 g/mol. The summed E-state index contributed by atoms with van der Waals surface area (Å²) in [6.45, 7) is 0.595. The number of methoxy groups -OCH3 is 1. The van der Waals surface area contributed by atoms with Crippen LogP contribution in [0.5, 0.6) is 5.75 Å². The molecule has 1 rings (SSSR count). The van der Waals surface area contributed by atoms with Gasteiger partial charge in [-0.25, -0.2) is 8.42 Å². The van der Waals surface area contributed by atoms with Crippen LogP contribution in [0.25, 0.3) is 0 Å². The zero-order chi connectivity index (χ0) is 12.9. The smallest absolute Gasteiger partial charge is 0.147 e. The van der Waals surface area contributed by atoms with Crippen LogP contribution >= 0.6 is 11.6 Å². The molecule has 0 bridgehead atoms. The highest BCUT2D eigenvalue weighted by Gasteiger charge is 2.03. The third kappa shape index (κ3) is 5.28. The van der Waals surface area contributed by atoms with Gasteiger partial charge in [-0.2, -0.15) is 0 Å². The first kappa shape index (κ1) is 14.1. The van der Waals surface area contributed by atoms with E-state index in [1.54, 1.807) is 19.2 Å². The van der Waals surface area contributed by atoms with Crippen LogP contribution in [0.4, 0.5) is 5.69 Å². The topological polar surface area (TPSA) is 55.4 Å². The van der Waals surface area contributed by atoms with Crippen LogP contribution in [0.15, 0.2) is 18.2 Å². The van der Waals surface area contributed by atoms with Crippen molar-refractivity contribution in [3.05, 3.63) is 23.2 Å². The maximum Gasteiger partial charge on any atom is 0.147 e. The highest BCUT2D eigenvalue weighted by molar-refractivity contribution is 7.90. The van der Waals surface area contributed by atoms with Gasteiger partial charge >= 0.3 is 0 Å². The van der Waals surface area contributed by atoms with Crippen molar-refractivity contribution in [2.75, 3.05) is 31.0 Å². The minimum absolute atomic E-state index is 0.185. The molecule has 0 heterocycles. The normalized spacial score (nSPS) is 11.2. The molecule has 0 saturated carbocycles. The number of hydrogen-bond donors (Lipinski definition) is 1. The fraction of sp³-hybridized carbons (Fsp3) is 0.455. The minimum atomic E-state index is -2.88. The molecule has 0 spiro atoms. The maximum atomic E-state index is 10.9. The molecule has 4 nitrogen and oxygen atoms in total. The van der Waals surface area contributed by atoms with E-state index in [0.717, 1.165) is 5.69 Å². The van der Waals surface area contributed by atoms with E-state index in [1.807, 2.05) is 6.07 Å². The molecule has 96 valence electrons. The van der Waals surface area contributed by atoms with E-state index in [9.17, 15) is 8.42 Å². The summed E-state index contributed by atoms with van der Waals surface area (Å²) in [5, 5.41) is 3.67. The molecule has 0 saturated heterocycles. The summed E-state index contributed by atoms with van der Waals surface area (Å²) in [6, 6.07) is 5.34. The van der Waals surface area contributed by atoms with Gasteiger partial charge in [-0.05, 0) is 18.6 Å². The van der Waals surface area contributed by atoms with Crippen LogP contribution in [0.3, 0.4) is 0 Å². The van der Waals surface area contributed by atoms with E-state index in [-0.39, 0.29) is 5.75 Å². The number of rotatable bonds is 6. The van der Waals surface area contributed by atoms with Gasteiger partial charge in [0, 0.05) is 24.6 Å². The summed E-state index contributed by atoms with van der Waals surface area (Å²) in [7, 11) is -1.33. The summed E-state index contributed by atoms with van der Waals surface area (Å²) in [4.78, 5) is 0. The molecule has 0 fully saturated rings. The van der Waals surface area contributed by atoms with Crippen LogP contribution in [-0.2, 0) is 9.84 Å². The van der Waals surface area contributed by atoms with Crippen LogP contribution in [-0.4, -0.2) is 34.1 Å². The second-order valence-corrected chi connectivity index (χ2v) is 6.43. The van der Waals surface area contributed by atoms with E-state index in [0.29, 0.717) is 23.7 Å². The van der Waals surface area contributed by atoms with Crippen molar-refractivity contribution in [3.8, 4) is 5.75 Å².